The van der Waals surface area contributed by atoms with Gasteiger partial charge >= 0.3 is 11.9 Å². The number of benzene rings is 1. The summed E-state index contributed by atoms with van der Waals surface area (Å²) in [4.78, 5) is 35.9. The van der Waals surface area contributed by atoms with Gasteiger partial charge in [-0.2, -0.15) is 0 Å². The van der Waals surface area contributed by atoms with Gasteiger partial charge in [-0.05, 0) is 17.7 Å². The zero-order valence-electron chi connectivity index (χ0n) is 10.5. The first-order chi connectivity index (χ1) is 9.82. The van der Waals surface area contributed by atoms with E-state index in [-0.39, 0.29) is 16.5 Å². The Kier molecular flexibility index (Phi) is 3.74. The van der Waals surface area contributed by atoms with Crippen LogP contribution in [0.5, 0.6) is 0 Å². The molecule has 0 saturated heterocycles. The molecule has 2 rings (SSSR count). The van der Waals surface area contributed by atoms with Crippen molar-refractivity contribution in [3.63, 3.8) is 0 Å². The zero-order valence-corrected chi connectivity index (χ0v) is 10.5. The molecule has 8 heteroatoms. The van der Waals surface area contributed by atoms with Crippen molar-refractivity contribution in [2.24, 2.45) is 0 Å². The van der Waals surface area contributed by atoms with Crippen LogP contribution in [0.2, 0.25) is 0 Å². The fourth-order valence-electron chi connectivity index (χ4n) is 1.90. The van der Waals surface area contributed by atoms with Gasteiger partial charge in [0.25, 0.3) is 0 Å². The molecular weight excluding hydrogens is 282 g/mol. The molecule has 0 fully saturated rings. The topological polar surface area (TPSA) is 148 Å². The Labute approximate surface area is 116 Å². The molecule has 0 bridgehead atoms. The summed E-state index contributed by atoms with van der Waals surface area (Å²) in [5, 5.41) is 36.6. The number of hydrogen-bond acceptors (Lipinski definition) is 5. The largest absolute Gasteiger partial charge is 0.479 e. The summed E-state index contributed by atoms with van der Waals surface area (Å²) in [5.41, 5.74) is -0.826. The molecule has 2 atom stereocenters. The minimum Gasteiger partial charge on any atom is -0.479 e. The van der Waals surface area contributed by atoms with Crippen LogP contribution in [-0.4, -0.2) is 43.5 Å². The molecule has 0 aliphatic heterocycles. The SMILES string of the molecule is O=C(O)c1c[nH]c2cc(C(O)C(O)C(=O)O)ccc2c1=O. The average Bonchev–Trinajstić information content (AvgIpc) is 2.45. The van der Waals surface area contributed by atoms with Crippen LogP contribution in [0.3, 0.4) is 0 Å². The van der Waals surface area contributed by atoms with Crippen LogP contribution < -0.4 is 5.43 Å². The number of pyridine rings is 1. The fourth-order valence-corrected chi connectivity index (χ4v) is 1.90. The summed E-state index contributed by atoms with van der Waals surface area (Å²) in [6.45, 7) is 0. The molecule has 0 aliphatic rings. The van der Waals surface area contributed by atoms with E-state index in [2.05, 4.69) is 4.98 Å². The highest BCUT2D eigenvalue weighted by molar-refractivity contribution is 5.92. The molecule has 110 valence electrons. The molecular formula is C13H11NO7. The Morgan fingerprint density at radius 1 is 1.14 bits per heavy atom. The molecule has 8 nitrogen and oxygen atoms in total. The first-order valence-electron chi connectivity index (χ1n) is 5.80. The van der Waals surface area contributed by atoms with Crippen molar-refractivity contribution in [3.05, 3.63) is 45.7 Å². The lowest BCUT2D eigenvalue weighted by molar-refractivity contribution is -0.153. The Morgan fingerprint density at radius 3 is 2.38 bits per heavy atom. The molecule has 1 aromatic heterocycles. The van der Waals surface area contributed by atoms with E-state index in [1.165, 1.54) is 18.2 Å². The van der Waals surface area contributed by atoms with Crippen molar-refractivity contribution in [2.75, 3.05) is 0 Å². The highest BCUT2D eigenvalue weighted by Gasteiger charge is 2.25. The van der Waals surface area contributed by atoms with Gasteiger partial charge in [-0.3, -0.25) is 4.79 Å². The Morgan fingerprint density at radius 2 is 1.81 bits per heavy atom. The van der Waals surface area contributed by atoms with Gasteiger partial charge in [0.05, 0.1) is 0 Å². The third-order valence-electron chi connectivity index (χ3n) is 3.03. The summed E-state index contributed by atoms with van der Waals surface area (Å²) in [7, 11) is 0. The normalized spacial score (nSPS) is 13.8. The smallest absolute Gasteiger partial charge is 0.341 e. The highest BCUT2D eigenvalue weighted by atomic mass is 16.4. The number of aromatic amines is 1. The molecule has 0 radical (unpaired) electrons. The van der Waals surface area contributed by atoms with Crippen molar-refractivity contribution in [3.8, 4) is 0 Å². The minimum absolute atomic E-state index is 0.0793. The van der Waals surface area contributed by atoms with Crippen LogP contribution >= 0.6 is 0 Å². The van der Waals surface area contributed by atoms with E-state index < -0.39 is 35.1 Å². The Hall–Kier alpha value is -2.71. The summed E-state index contributed by atoms with van der Waals surface area (Å²) < 4.78 is 0. The van der Waals surface area contributed by atoms with Gasteiger partial charge in [-0.15, -0.1) is 0 Å². The average molecular weight is 293 g/mol. The van der Waals surface area contributed by atoms with E-state index >= 15 is 0 Å². The third kappa shape index (κ3) is 2.62. The van der Waals surface area contributed by atoms with Crippen molar-refractivity contribution in [1.29, 1.82) is 0 Å². The summed E-state index contributed by atoms with van der Waals surface area (Å²) in [5.74, 6) is -2.96. The van der Waals surface area contributed by atoms with Crippen molar-refractivity contribution >= 4 is 22.8 Å². The Bertz CT molecular complexity index is 780. The number of rotatable bonds is 4. The number of nitrogens with one attached hydrogen (secondary N) is 1. The highest BCUT2D eigenvalue weighted by Crippen LogP contribution is 2.20. The number of carbonyl (C=O) groups is 2. The quantitative estimate of drug-likeness (QED) is 0.520. The number of carboxylic acid groups (broad SMARTS) is 2. The summed E-state index contributed by atoms with van der Waals surface area (Å²) in [6, 6.07) is 3.78. The second-order valence-electron chi connectivity index (χ2n) is 4.37. The number of aliphatic hydroxyl groups is 2. The third-order valence-corrected chi connectivity index (χ3v) is 3.03. The number of hydrogen-bond donors (Lipinski definition) is 5. The number of aromatic nitrogens is 1. The predicted molar refractivity (Wildman–Crippen MR) is 70.1 cm³/mol. The van der Waals surface area contributed by atoms with Gasteiger partial charge in [0.2, 0.25) is 5.43 Å². The Balaban J connectivity index is 2.54. The predicted octanol–water partition coefficient (Wildman–Crippen LogP) is -0.295. The van der Waals surface area contributed by atoms with Crippen molar-refractivity contribution < 1.29 is 30.0 Å². The first-order valence-corrected chi connectivity index (χ1v) is 5.80. The molecule has 0 aliphatic carbocycles. The van der Waals surface area contributed by atoms with Crippen LogP contribution in [0, 0.1) is 0 Å². The fraction of sp³-hybridized carbons (Fsp3) is 0.154. The molecule has 1 aromatic carbocycles. The van der Waals surface area contributed by atoms with Crippen LogP contribution in [-0.2, 0) is 4.79 Å². The van der Waals surface area contributed by atoms with Gasteiger partial charge in [-0.1, -0.05) is 6.07 Å². The van der Waals surface area contributed by atoms with E-state index in [9.17, 15) is 24.6 Å². The lowest BCUT2D eigenvalue weighted by Gasteiger charge is -2.14. The van der Waals surface area contributed by atoms with Crippen LogP contribution in [0.4, 0.5) is 0 Å². The van der Waals surface area contributed by atoms with E-state index in [0.717, 1.165) is 6.20 Å². The van der Waals surface area contributed by atoms with E-state index in [0.29, 0.717) is 0 Å². The number of H-pyrrole nitrogens is 1. The van der Waals surface area contributed by atoms with E-state index in [4.69, 9.17) is 10.2 Å². The number of aromatic carboxylic acids is 1. The van der Waals surface area contributed by atoms with Gasteiger partial charge in [0.1, 0.15) is 11.7 Å². The molecule has 21 heavy (non-hydrogen) atoms. The second kappa shape index (κ2) is 5.35. The number of aliphatic carboxylic acids is 1. The molecule has 0 spiro atoms. The van der Waals surface area contributed by atoms with Gasteiger partial charge in [0.15, 0.2) is 6.10 Å². The van der Waals surface area contributed by atoms with Crippen LogP contribution in [0.25, 0.3) is 10.9 Å². The summed E-state index contributed by atoms with van der Waals surface area (Å²) in [6.07, 6.45) is -2.67. The number of carboxylic acids is 2. The number of aliphatic hydroxyl groups excluding tert-OH is 2. The maximum Gasteiger partial charge on any atom is 0.341 e. The maximum atomic E-state index is 11.9. The lowest BCUT2D eigenvalue weighted by Crippen LogP contribution is -2.27. The zero-order chi connectivity index (χ0) is 15.7. The standard InChI is InChI=1S/C13H11NO7/c15-9(11(17)13(20)21)5-1-2-6-8(3-5)14-4-7(10(6)16)12(18)19/h1-4,9,11,15,17H,(H,14,16)(H,18,19)(H,20,21). The lowest BCUT2D eigenvalue weighted by atomic mass is 10.0. The van der Waals surface area contributed by atoms with Gasteiger partial charge < -0.3 is 25.4 Å². The van der Waals surface area contributed by atoms with E-state index in [1.54, 1.807) is 0 Å². The first kappa shape index (κ1) is 14.7. The van der Waals surface area contributed by atoms with Crippen molar-refractivity contribution in [2.45, 2.75) is 12.2 Å². The van der Waals surface area contributed by atoms with Gasteiger partial charge in [0, 0.05) is 17.1 Å². The van der Waals surface area contributed by atoms with Crippen molar-refractivity contribution in [1.82, 2.24) is 4.98 Å². The minimum atomic E-state index is -2.01. The second-order valence-corrected chi connectivity index (χ2v) is 4.37. The molecule has 1 heterocycles. The van der Waals surface area contributed by atoms with Crippen LogP contribution in [0.1, 0.15) is 22.0 Å². The van der Waals surface area contributed by atoms with E-state index in [1.807, 2.05) is 0 Å². The monoisotopic (exact) mass is 293 g/mol. The summed E-state index contributed by atoms with van der Waals surface area (Å²) >= 11 is 0. The maximum absolute atomic E-state index is 11.9. The molecule has 0 amide bonds. The molecule has 2 aromatic rings. The number of fused-ring (bicyclic) bond motifs is 1. The molecule has 5 N–H and O–H groups in total. The van der Waals surface area contributed by atoms with Gasteiger partial charge in [-0.25, -0.2) is 9.59 Å². The molecule has 2 unspecified atom stereocenters. The van der Waals surface area contributed by atoms with Crippen LogP contribution in [0.15, 0.2) is 29.2 Å². The molecule has 0 saturated carbocycles.